The van der Waals surface area contributed by atoms with Crippen molar-refractivity contribution in [2.75, 3.05) is 12.4 Å². The molecular weight excluding hydrogens is 182 g/mol. The first kappa shape index (κ1) is 9.78. The maximum atomic E-state index is 3.26. The number of rotatable bonds is 2. The highest BCUT2D eigenvalue weighted by atomic mass is 14.8. The molecular formula is C14H15N. The molecule has 0 aliphatic heterocycles. The van der Waals surface area contributed by atoms with Crippen LogP contribution in [0, 0.1) is 6.92 Å². The van der Waals surface area contributed by atoms with E-state index in [-0.39, 0.29) is 0 Å². The quantitative estimate of drug-likeness (QED) is 0.774. The van der Waals surface area contributed by atoms with Crippen LogP contribution in [-0.4, -0.2) is 7.05 Å². The molecule has 0 aromatic heterocycles. The Labute approximate surface area is 90.8 Å². The summed E-state index contributed by atoms with van der Waals surface area (Å²) in [6, 6.07) is 16.8. The van der Waals surface area contributed by atoms with Gasteiger partial charge in [-0.25, -0.2) is 0 Å². The van der Waals surface area contributed by atoms with Crippen molar-refractivity contribution in [2.45, 2.75) is 6.92 Å². The first-order chi connectivity index (χ1) is 7.33. The minimum Gasteiger partial charge on any atom is -0.387 e. The molecule has 1 nitrogen and oxygen atoms in total. The summed E-state index contributed by atoms with van der Waals surface area (Å²) < 4.78 is 0. The van der Waals surface area contributed by atoms with Gasteiger partial charge in [-0.15, -0.1) is 0 Å². The van der Waals surface area contributed by atoms with E-state index in [0.29, 0.717) is 0 Å². The molecule has 1 N–H and O–H groups in total. The second-order valence-electron chi connectivity index (χ2n) is 3.61. The van der Waals surface area contributed by atoms with Crippen LogP contribution in [-0.2, 0) is 0 Å². The Morgan fingerprint density at radius 1 is 0.867 bits per heavy atom. The van der Waals surface area contributed by atoms with Crippen LogP contribution in [0.3, 0.4) is 0 Å². The predicted octanol–water partition coefficient (Wildman–Crippen LogP) is 3.70. The van der Waals surface area contributed by atoms with Gasteiger partial charge in [-0.2, -0.15) is 0 Å². The molecule has 0 bridgehead atoms. The average molecular weight is 197 g/mol. The molecule has 0 amide bonds. The Bertz CT molecular complexity index is 446. The Hall–Kier alpha value is -1.76. The first-order valence-corrected chi connectivity index (χ1v) is 5.15. The van der Waals surface area contributed by atoms with E-state index in [0.717, 1.165) is 0 Å². The standard InChI is InChI=1S/C14H15N/c1-11-7-6-10-13(14(11)15-2)12-8-4-3-5-9-12/h3-10,15H,1-2H3. The number of anilines is 1. The molecule has 0 aliphatic rings. The second-order valence-corrected chi connectivity index (χ2v) is 3.61. The Kier molecular flexibility index (Phi) is 2.72. The number of hydrogen-bond acceptors (Lipinski definition) is 1. The molecule has 0 radical (unpaired) electrons. The van der Waals surface area contributed by atoms with Crippen LogP contribution in [0.1, 0.15) is 5.56 Å². The van der Waals surface area contributed by atoms with Crippen LogP contribution in [0.15, 0.2) is 48.5 Å². The lowest BCUT2D eigenvalue weighted by atomic mass is 10.0. The van der Waals surface area contributed by atoms with Gasteiger partial charge < -0.3 is 5.32 Å². The van der Waals surface area contributed by atoms with Crippen LogP contribution in [0.25, 0.3) is 11.1 Å². The van der Waals surface area contributed by atoms with E-state index in [1.165, 1.54) is 22.4 Å². The lowest BCUT2D eigenvalue weighted by molar-refractivity contribution is 1.40. The Morgan fingerprint density at radius 3 is 2.27 bits per heavy atom. The molecule has 0 unspecified atom stereocenters. The van der Waals surface area contributed by atoms with Crippen molar-refractivity contribution in [1.82, 2.24) is 0 Å². The number of para-hydroxylation sites is 1. The third-order valence-electron chi connectivity index (χ3n) is 2.61. The van der Waals surface area contributed by atoms with Gasteiger partial charge in [0.1, 0.15) is 0 Å². The van der Waals surface area contributed by atoms with Crippen molar-refractivity contribution < 1.29 is 0 Å². The van der Waals surface area contributed by atoms with Crippen molar-refractivity contribution >= 4 is 5.69 Å². The zero-order valence-corrected chi connectivity index (χ0v) is 9.12. The minimum atomic E-state index is 1.21. The van der Waals surface area contributed by atoms with Gasteiger partial charge in [0.25, 0.3) is 0 Å². The summed E-state index contributed by atoms with van der Waals surface area (Å²) in [5, 5.41) is 3.26. The van der Waals surface area contributed by atoms with Crippen LogP contribution < -0.4 is 5.32 Å². The maximum Gasteiger partial charge on any atom is 0.0446 e. The van der Waals surface area contributed by atoms with Crippen molar-refractivity contribution in [3.8, 4) is 11.1 Å². The predicted molar refractivity (Wildman–Crippen MR) is 66.2 cm³/mol. The molecule has 1 heteroatoms. The second kappa shape index (κ2) is 4.18. The van der Waals surface area contributed by atoms with Crippen molar-refractivity contribution in [3.05, 3.63) is 54.1 Å². The molecule has 0 heterocycles. The van der Waals surface area contributed by atoms with Gasteiger partial charge in [0, 0.05) is 18.3 Å². The summed E-state index contributed by atoms with van der Waals surface area (Å²) >= 11 is 0. The summed E-state index contributed by atoms with van der Waals surface area (Å²) in [7, 11) is 1.97. The Morgan fingerprint density at radius 2 is 1.60 bits per heavy atom. The molecule has 0 spiro atoms. The molecule has 0 aliphatic carbocycles. The first-order valence-electron chi connectivity index (χ1n) is 5.15. The van der Waals surface area contributed by atoms with E-state index < -0.39 is 0 Å². The maximum absolute atomic E-state index is 3.26. The lowest BCUT2D eigenvalue weighted by Crippen LogP contribution is -1.94. The summed E-state index contributed by atoms with van der Waals surface area (Å²) in [6.45, 7) is 2.12. The molecule has 2 rings (SSSR count). The van der Waals surface area contributed by atoms with E-state index in [9.17, 15) is 0 Å². The summed E-state index contributed by atoms with van der Waals surface area (Å²) in [6.07, 6.45) is 0. The van der Waals surface area contributed by atoms with E-state index >= 15 is 0 Å². The monoisotopic (exact) mass is 197 g/mol. The highest BCUT2D eigenvalue weighted by Crippen LogP contribution is 2.29. The molecule has 76 valence electrons. The molecule has 0 atom stereocenters. The van der Waals surface area contributed by atoms with Crippen LogP contribution in [0.4, 0.5) is 5.69 Å². The largest absolute Gasteiger partial charge is 0.387 e. The zero-order valence-electron chi connectivity index (χ0n) is 9.12. The fourth-order valence-corrected chi connectivity index (χ4v) is 1.86. The number of aryl methyl sites for hydroxylation is 1. The van der Waals surface area contributed by atoms with Gasteiger partial charge >= 0.3 is 0 Å². The smallest absolute Gasteiger partial charge is 0.0446 e. The van der Waals surface area contributed by atoms with Crippen molar-refractivity contribution in [3.63, 3.8) is 0 Å². The fourth-order valence-electron chi connectivity index (χ4n) is 1.86. The minimum absolute atomic E-state index is 1.21. The highest BCUT2D eigenvalue weighted by molar-refractivity contribution is 5.79. The lowest BCUT2D eigenvalue weighted by Gasteiger charge is -2.11. The Balaban J connectivity index is 2.58. The van der Waals surface area contributed by atoms with Gasteiger partial charge in [-0.1, -0.05) is 48.5 Å². The van der Waals surface area contributed by atoms with Gasteiger partial charge in [0.15, 0.2) is 0 Å². The third-order valence-corrected chi connectivity index (χ3v) is 2.61. The van der Waals surface area contributed by atoms with Gasteiger partial charge in [0.2, 0.25) is 0 Å². The van der Waals surface area contributed by atoms with Crippen molar-refractivity contribution in [1.29, 1.82) is 0 Å². The molecule has 0 saturated carbocycles. The summed E-state index contributed by atoms with van der Waals surface area (Å²) in [5.74, 6) is 0. The number of hydrogen-bond donors (Lipinski definition) is 1. The van der Waals surface area contributed by atoms with Crippen LogP contribution in [0.5, 0.6) is 0 Å². The number of nitrogens with one attached hydrogen (secondary N) is 1. The summed E-state index contributed by atoms with van der Waals surface area (Å²) in [4.78, 5) is 0. The molecule has 2 aromatic carbocycles. The molecule has 2 aromatic rings. The van der Waals surface area contributed by atoms with Gasteiger partial charge in [0.05, 0.1) is 0 Å². The molecule has 15 heavy (non-hydrogen) atoms. The van der Waals surface area contributed by atoms with Crippen molar-refractivity contribution in [2.24, 2.45) is 0 Å². The van der Waals surface area contributed by atoms with Gasteiger partial charge in [-0.05, 0) is 18.1 Å². The van der Waals surface area contributed by atoms with E-state index in [1.807, 2.05) is 13.1 Å². The van der Waals surface area contributed by atoms with Crippen LogP contribution >= 0.6 is 0 Å². The van der Waals surface area contributed by atoms with Gasteiger partial charge in [-0.3, -0.25) is 0 Å². The SMILES string of the molecule is CNc1c(C)cccc1-c1ccccc1. The van der Waals surface area contributed by atoms with E-state index in [2.05, 4.69) is 54.7 Å². The van der Waals surface area contributed by atoms with E-state index in [4.69, 9.17) is 0 Å². The zero-order chi connectivity index (χ0) is 10.7. The van der Waals surface area contributed by atoms with Crippen LogP contribution in [0.2, 0.25) is 0 Å². The fraction of sp³-hybridized carbons (Fsp3) is 0.143. The van der Waals surface area contributed by atoms with E-state index in [1.54, 1.807) is 0 Å². The average Bonchev–Trinajstić information content (AvgIpc) is 2.30. The normalized spacial score (nSPS) is 10.0. The summed E-state index contributed by atoms with van der Waals surface area (Å²) in [5.41, 5.74) is 5.01. The number of benzene rings is 2. The topological polar surface area (TPSA) is 12.0 Å². The molecule has 0 saturated heterocycles. The molecule has 0 fully saturated rings. The third kappa shape index (κ3) is 1.86. The highest BCUT2D eigenvalue weighted by Gasteiger charge is 2.04.